The highest BCUT2D eigenvalue weighted by Crippen LogP contribution is 2.25. The van der Waals surface area contributed by atoms with Crippen molar-refractivity contribution in [2.45, 2.75) is 39.2 Å². The number of para-hydroxylation sites is 2. The highest BCUT2D eigenvalue weighted by molar-refractivity contribution is 5.98. The van der Waals surface area contributed by atoms with Crippen molar-refractivity contribution in [1.82, 2.24) is 19.8 Å². The fourth-order valence-electron chi connectivity index (χ4n) is 4.70. The summed E-state index contributed by atoms with van der Waals surface area (Å²) in [6, 6.07) is 15.4. The minimum absolute atomic E-state index is 0. The Morgan fingerprint density at radius 2 is 1.78 bits per heavy atom. The average Bonchev–Trinajstić information content (AvgIpc) is 2.93. The van der Waals surface area contributed by atoms with Crippen LogP contribution in [0.1, 0.15) is 43.5 Å². The first-order chi connectivity index (χ1) is 17.6. The Morgan fingerprint density at radius 1 is 1.08 bits per heavy atom. The summed E-state index contributed by atoms with van der Waals surface area (Å²) in [6.45, 7) is 9.67. The number of nitrogens with two attached hydrogens (primary N) is 1. The van der Waals surface area contributed by atoms with Crippen LogP contribution in [0.15, 0.2) is 48.5 Å². The molecule has 1 amide bonds. The topological polar surface area (TPSA) is 142 Å². The van der Waals surface area contributed by atoms with Crippen molar-refractivity contribution in [3.63, 3.8) is 0 Å². The van der Waals surface area contributed by atoms with E-state index in [2.05, 4.69) is 29.4 Å². The Hall–Kier alpha value is -3.31. The van der Waals surface area contributed by atoms with Crippen LogP contribution < -0.4 is 16.1 Å². The van der Waals surface area contributed by atoms with Crippen LogP contribution in [0.25, 0.3) is 10.9 Å². The molecule has 7 N–H and O–H groups in total. The molecule has 3 aromatic rings. The molecule has 1 aliphatic rings. The van der Waals surface area contributed by atoms with Crippen LogP contribution in [0.5, 0.6) is 0 Å². The standard InChI is InChI=1S/C27H37N7O2.H2O/c1-3-33(4-2)17-9-16-28-27-30-23-12-7-5-10-21(23)25(31-27)29-20-14-18-34(19-15-20)26(35)22-11-6-8-13-24(22)32-36;/h5-8,10-13,20,32,36H,3-4,9,14-19H2,1-2H3,(H2,28,29,30,31);1H2/p+1. The summed E-state index contributed by atoms with van der Waals surface area (Å²) in [6.07, 6.45) is 2.67. The Morgan fingerprint density at radius 3 is 2.51 bits per heavy atom. The molecule has 1 saturated heterocycles. The maximum absolute atomic E-state index is 13.0. The highest BCUT2D eigenvalue weighted by atomic mass is 16.5. The lowest BCUT2D eigenvalue weighted by atomic mass is 10.0. The van der Waals surface area contributed by atoms with Crippen molar-refractivity contribution in [2.24, 2.45) is 0 Å². The van der Waals surface area contributed by atoms with Gasteiger partial charge in [-0.25, -0.2) is 10.2 Å². The molecule has 0 saturated carbocycles. The molecule has 1 fully saturated rings. The number of hydrogen-bond donors (Lipinski definition) is 4. The number of hydrogen-bond acceptors (Lipinski definition) is 7. The van der Waals surface area contributed by atoms with Gasteiger partial charge in [0, 0.05) is 37.1 Å². The second-order valence-corrected chi connectivity index (χ2v) is 9.15. The van der Waals surface area contributed by atoms with Gasteiger partial charge in [-0.2, -0.15) is 10.5 Å². The molecule has 0 unspecified atom stereocenters. The van der Waals surface area contributed by atoms with E-state index >= 15 is 0 Å². The monoisotopic (exact) mass is 510 g/mol. The summed E-state index contributed by atoms with van der Waals surface area (Å²) in [4.78, 5) is 26.8. The lowest BCUT2D eigenvalue weighted by Crippen LogP contribution is -2.74. The van der Waals surface area contributed by atoms with Crippen molar-refractivity contribution in [3.8, 4) is 0 Å². The van der Waals surface area contributed by atoms with E-state index in [1.807, 2.05) is 41.3 Å². The number of fused-ring (bicyclic) bond motifs is 1. The molecule has 0 spiro atoms. The zero-order valence-corrected chi connectivity index (χ0v) is 21.8. The van der Waals surface area contributed by atoms with E-state index in [1.165, 1.54) is 0 Å². The van der Waals surface area contributed by atoms with Crippen LogP contribution in [0, 0.1) is 0 Å². The number of anilines is 2. The summed E-state index contributed by atoms with van der Waals surface area (Å²) < 4.78 is 0. The molecule has 0 radical (unpaired) electrons. The molecule has 4 rings (SSSR count). The normalized spacial score (nSPS) is 14.0. The number of nitrogens with zero attached hydrogens (tertiary/aromatic N) is 4. The van der Waals surface area contributed by atoms with E-state index in [1.54, 1.807) is 12.1 Å². The van der Waals surface area contributed by atoms with Crippen LogP contribution in [0.2, 0.25) is 0 Å². The average molecular weight is 511 g/mol. The SMILES string of the molecule is CCN(CC)CCCNc1nc(NC2CCN(C(=O)c3ccccc3[NH2+]O)CC2)c2ccccc2n1.O. The van der Waals surface area contributed by atoms with Crippen molar-refractivity contribution < 1.29 is 21.0 Å². The number of amides is 1. The van der Waals surface area contributed by atoms with Crippen molar-refractivity contribution >= 4 is 34.3 Å². The third-order valence-corrected chi connectivity index (χ3v) is 6.89. The molecule has 2 aromatic carbocycles. The predicted octanol–water partition coefficient (Wildman–Crippen LogP) is 2.25. The lowest BCUT2D eigenvalue weighted by molar-refractivity contribution is -0.825. The molecule has 10 nitrogen and oxygen atoms in total. The van der Waals surface area contributed by atoms with E-state index in [-0.39, 0.29) is 17.4 Å². The van der Waals surface area contributed by atoms with Gasteiger partial charge in [-0.3, -0.25) is 4.79 Å². The molecule has 1 aromatic heterocycles. The van der Waals surface area contributed by atoms with Gasteiger partial charge < -0.3 is 25.9 Å². The third-order valence-electron chi connectivity index (χ3n) is 6.89. The molecule has 200 valence electrons. The summed E-state index contributed by atoms with van der Waals surface area (Å²) in [7, 11) is 0. The van der Waals surface area contributed by atoms with Gasteiger partial charge in [0.1, 0.15) is 11.4 Å². The number of carbonyl (C=O) groups is 1. The van der Waals surface area contributed by atoms with Gasteiger partial charge in [-0.15, -0.1) is 0 Å². The van der Waals surface area contributed by atoms with Crippen molar-refractivity contribution in [2.75, 3.05) is 49.9 Å². The van der Waals surface area contributed by atoms with E-state index < -0.39 is 0 Å². The Bertz CT molecular complexity index is 1150. The minimum Gasteiger partial charge on any atom is -0.412 e. The van der Waals surface area contributed by atoms with Gasteiger partial charge in [-0.1, -0.05) is 38.1 Å². The molecule has 2 heterocycles. The Kier molecular flexibility index (Phi) is 10.6. The zero-order chi connectivity index (χ0) is 25.3. The largest absolute Gasteiger partial charge is 0.412 e. The van der Waals surface area contributed by atoms with Gasteiger partial charge in [0.05, 0.1) is 5.52 Å². The molecular weight excluding hydrogens is 470 g/mol. The molecule has 0 atom stereocenters. The first-order valence-corrected chi connectivity index (χ1v) is 13.0. The molecule has 1 aliphatic heterocycles. The molecular formula is C27H40N7O3+. The second kappa shape index (κ2) is 13.8. The fraction of sp³-hybridized carbons (Fsp3) is 0.444. The van der Waals surface area contributed by atoms with Gasteiger partial charge in [0.15, 0.2) is 5.69 Å². The quantitative estimate of drug-likeness (QED) is 0.176. The number of rotatable bonds is 11. The molecule has 0 bridgehead atoms. The summed E-state index contributed by atoms with van der Waals surface area (Å²) >= 11 is 0. The number of benzene rings is 2. The third kappa shape index (κ3) is 7.14. The van der Waals surface area contributed by atoms with Crippen LogP contribution in [0.3, 0.4) is 0 Å². The van der Waals surface area contributed by atoms with Gasteiger partial charge in [0.2, 0.25) is 5.95 Å². The van der Waals surface area contributed by atoms with Crippen LogP contribution in [-0.2, 0) is 0 Å². The maximum atomic E-state index is 13.0. The Labute approximate surface area is 218 Å². The first-order valence-electron chi connectivity index (χ1n) is 13.0. The second-order valence-electron chi connectivity index (χ2n) is 9.15. The fourth-order valence-corrected chi connectivity index (χ4v) is 4.70. The van der Waals surface area contributed by atoms with E-state index in [9.17, 15) is 10.0 Å². The first kappa shape index (κ1) is 28.3. The molecule has 10 heteroatoms. The van der Waals surface area contributed by atoms with Gasteiger partial charge in [0.25, 0.3) is 5.91 Å². The van der Waals surface area contributed by atoms with Crippen LogP contribution in [0.4, 0.5) is 17.5 Å². The smallest absolute Gasteiger partial charge is 0.260 e. The van der Waals surface area contributed by atoms with Crippen LogP contribution >= 0.6 is 0 Å². The van der Waals surface area contributed by atoms with Crippen molar-refractivity contribution in [1.29, 1.82) is 0 Å². The van der Waals surface area contributed by atoms with Crippen molar-refractivity contribution in [3.05, 3.63) is 54.1 Å². The highest BCUT2D eigenvalue weighted by Gasteiger charge is 2.26. The van der Waals surface area contributed by atoms with Gasteiger partial charge in [-0.05, 0) is 57.1 Å². The van der Waals surface area contributed by atoms with E-state index in [4.69, 9.17) is 9.97 Å². The summed E-state index contributed by atoms with van der Waals surface area (Å²) in [5.74, 6) is 1.43. The van der Waals surface area contributed by atoms with Gasteiger partial charge >= 0.3 is 0 Å². The Balaban J connectivity index is 0.00000380. The minimum atomic E-state index is -0.0435. The number of aromatic nitrogens is 2. The lowest BCUT2D eigenvalue weighted by Gasteiger charge is -2.33. The predicted molar refractivity (Wildman–Crippen MR) is 146 cm³/mol. The number of carbonyl (C=O) groups excluding carboxylic acids is 1. The zero-order valence-electron chi connectivity index (χ0n) is 21.8. The number of nitrogens with one attached hydrogen (secondary N) is 2. The molecule has 0 aliphatic carbocycles. The van der Waals surface area contributed by atoms with E-state index in [0.717, 1.165) is 67.6 Å². The maximum Gasteiger partial charge on any atom is 0.260 e. The summed E-state index contributed by atoms with van der Waals surface area (Å²) in [5, 5.41) is 17.5. The number of likely N-dealkylation sites (tertiary alicyclic amines) is 1. The number of quaternary nitrogens is 1. The van der Waals surface area contributed by atoms with E-state index in [0.29, 0.717) is 30.3 Å². The number of piperidine rings is 1. The van der Waals surface area contributed by atoms with Crippen LogP contribution in [-0.4, -0.2) is 81.7 Å². The molecule has 37 heavy (non-hydrogen) atoms. The summed E-state index contributed by atoms with van der Waals surface area (Å²) in [5.41, 5.74) is 2.99.